The summed E-state index contributed by atoms with van der Waals surface area (Å²) in [6, 6.07) is 16.5. The average Bonchev–Trinajstić information content (AvgIpc) is 2.94. The topological polar surface area (TPSA) is 56.1 Å². The fourth-order valence-corrected chi connectivity index (χ4v) is 3.73. The maximum Gasteiger partial charge on any atom is 0.210 e. The molecule has 26 heavy (non-hydrogen) atoms. The van der Waals surface area contributed by atoms with Crippen LogP contribution in [0, 0.1) is 6.92 Å². The summed E-state index contributed by atoms with van der Waals surface area (Å²) in [4.78, 5) is 38.5. The number of rotatable bonds is 3. The molecular formula is C22H17NO3. The lowest BCUT2D eigenvalue weighted by Crippen LogP contribution is -2.24. The number of hydrogen-bond acceptors (Lipinski definition) is 3. The molecule has 1 aliphatic rings. The predicted octanol–water partition coefficient (Wildman–Crippen LogP) is 3.82. The van der Waals surface area contributed by atoms with E-state index in [-0.39, 0.29) is 22.9 Å². The summed E-state index contributed by atoms with van der Waals surface area (Å²) in [6.45, 7) is 3.67. The van der Waals surface area contributed by atoms with E-state index in [4.69, 9.17) is 0 Å². The summed E-state index contributed by atoms with van der Waals surface area (Å²) in [7, 11) is 0. The first-order valence-electron chi connectivity index (χ1n) is 8.47. The number of fused-ring (bicyclic) bond motifs is 2. The Hall–Kier alpha value is -3.27. The van der Waals surface area contributed by atoms with Gasteiger partial charge in [-0.25, -0.2) is 0 Å². The maximum absolute atomic E-state index is 13.2. The van der Waals surface area contributed by atoms with Crippen LogP contribution in [0.3, 0.4) is 0 Å². The second-order valence-corrected chi connectivity index (χ2v) is 6.52. The number of benzene rings is 2. The van der Waals surface area contributed by atoms with Crippen molar-refractivity contribution in [1.29, 1.82) is 0 Å². The molecule has 1 aromatic heterocycles. The highest BCUT2D eigenvalue weighted by molar-refractivity contribution is 6.30. The first-order valence-corrected chi connectivity index (χ1v) is 8.47. The molecule has 0 aliphatic heterocycles. The molecule has 0 saturated carbocycles. The van der Waals surface area contributed by atoms with Crippen LogP contribution < -0.4 is 0 Å². The lowest BCUT2D eigenvalue weighted by molar-refractivity contribution is 0.0966. The zero-order valence-corrected chi connectivity index (χ0v) is 14.6. The van der Waals surface area contributed by atoms with E-state index in [0.29, 0.717) is 34.6 Å². The molecule has 0 unspecified atom stereocenters. The molecule has 0 N–H and O–H groups in total. The third-order valence-electron chi connectivity index (χ3n) is 4.92. The standard InChI is InChI=1S/C22H17NO3/c1-13-18(14(2)24)19-20(23(13)12-15-8-4-3-5-9-15)22(26)17-11-7-6-10-16(17)21(19)25/h3-11H,12H2,1-2H3. The van der Waals surface area contributed by atoms with Crippen LogP contribution in [0.5, 0.6) is 0 Å². The number of carbonyl (C=O) groups excluding carboxylic acids is 3. The lowest BCUT2D eigenvalue weighted by Gasteiger charge is -2.17. The minimum atomic E-state index is -0.254. The monoisotopic (exact) mass is 343 g/mol. The van der Waals surface area contributed by atoms with Gasteiger partial charge in [0.2, 0.25) is 5.78 Å². The molecule has 0 saturated heterocycles. The van der Waals surface area contributed by atoms with Crippen LogP contribution in [0.2, 0.25) is 0 Å². The average molecular weight is 343 g/mol. The van der Waals surface area contributed by atoms with Gasteiger partial charge in [0.15, 0.2) is 11.6 Å². The first-order chi connectivity index (χ1) is 12.5. The molecule has 0 bridgehead atoms. The van der Waals surface area contributed by atoms with Crippen LogP contribution in [0.1, 0.15) is 60.5 Å². The van der Waals surface area contributed by atoms with Gasteiger partial charge < -0.3 is 4.57 Å². The van der Waals surface area contributed by atoms with Crippen molar-refractivity contribution in [1.82, 2.24) is 4.57 Å². The van der Waals surface area contributed by atoms with E-state index in [9.17, 15) is 14.4 Å². The van der Waals surface area contributed by atoms with Crippen LogP contribution in [0.4, 0.5) is 0 Å². The van der Waals surface area contributed by atoms with Gasteiger partial charge in [0.05, 0.1) is 5.56 Å². The summed E-state index contributed by atoms with van der Waals surface area (Å²) in [5.41, 5.74) is 3.33. The third-order valence-corrected chi connectivity index (χ3v) is 4.92. The molecule has 4 rings (SSSR count). The van der Waals surface area contributed by atoms with Gasteiger partial charge in [0.1, 0.15) is 5.69 Å². The SMILES string of the molecule is CC(=O)c1c2c(n(Cc3ccccc3)c1C)C(=O)c1ccccc1C2=O. The Morgan fingerprint density at radius 3 is 2.08 bits per heavy atom. The van der Waals surface area contributed by atoms with E-state index in [1.807, 2.05) is 30.3 Å². The lowest BCUT2D eigenvalue weighted by atomic mass is 9.85. The molecule has 0 radical (unpaired) electrons. The van der Waals surface area contributed by atoms with E-state index in [1.54, 1.807) is 35.8 Å². The molecule has 4 heteroatoms. The first kappa shape index (κ1) is 16.2. The third kappa shape index (κ3) is 2.26. The smallest absolute Gasteiger partial charge is 0.210 e. The van der Waals surface area contributed by atoms with Gasteiger partial charge >= 0.3 is 0 Å². The van der Waals surface area contributed by atoms with E-state index in [0.717, 1.165) is 5.56 Å². The Labute approximate surface area is 151 Å². The van der Waals surface area contributed by atoms with Gasteiger partial charge in [-0.05, 0) is 19.4 Å². The van der Waals surface area contributed by atoms with Gasteiger partial charge in [0, 0.05) is 28.9 Å². The normalized spacial score (nSPS) is 12.7. The Kier molecular flexibility index (Phi) is 3.69. The number of carbonyl (C=O) groups is 3. The highest BCUT2D eigenvalue weighted by Gasteiger charge is 2.37. The van der Waals surface area contributed by atoms with Crippen LogP contribution in [-0.4, -0.2) is 21.9 Å². The zero-order chi connectivity index (χ0) is 18.4. The summed E-state index contributed by atoms with van der Waals surface area (Å²) in [5, 5.41) is 0. The zero-order valence-electron chi connectivity index (χ0n) is 14.6. The molecule has 0 fully saturated rings. The summed E-state index contributed by atoms with van der Waals surface area (Å²) < 4.78 is 1.80. The minimum Gasteiger partial charge on any atom is -0.336 e. The van der Waals surface area contributed by atoms with Gasteiger partial charge in [0.25, 0.3) is 0 Å². The van der Waals surface area contributed by atoms with Crippen LogP contribution in [0.15, 0.2) is 54.6 Å². The van der Waals surface area contributed by atoms with E-state index in [1.165, 1.54) is 6.92 Å². The molecule has 4 nitrogen and oxygen atoms in total. The van der Waals surface area contributed by atoms with Crippen molar-refractivity contribution >= 4 is 17.3 Å². The number of nitrogens with zero attached hydrogens (tertiary/aromatic N) is 1. The minimum absolute atomic E-state index is 0.203. The van der Waals surface area contributed by atoms with Crippen LogP contribution >= 0.6 is 0 Å². The van der Waals surface area contributed by atoms with Crippen molar-refractivity contribution in [3.8, 4) is 0 Å². The number of ketones is 3. The predicted molar refractivity (Wildman–Crippen MR) is 98.0 cm³/mol. The van der Waals surface area contributed by atoms with E-state index in [2.05, 4.69) is 0 Å². The molecule has 0 atom stereocenters. The van der Waals surface area contributed by atoms with Crippen molar-refractivity contribution in [3.05, 3.63) is 93.8 Å². The Balaban J connectivity index is 2.00. The number of aromatic nitrogens is 1. The highest BCUT2D eigenvalue weighted by Crippen LogP contribution is 2.34. The fraction of sp³-hybridized carbons (Fsp3) is 0.136. The summed E-state index contributed by atoms with van der Waals surface area (Å²) >= 11 is 0. The fourth-order valence-electron chi connectivity index (χ4n) is 3.73. The van der Waals surface area contributed by atoms with Crippen molar-refractivity contribution in [2.75, 3.05) is 0 Å². The molecule has 0 amide bonds. The molecule has 0 spiro atoms. The molecule has 2 aromatic carbocycles. The van der Waals surface area contributed by atoms with Gasteiger partial charge in [-0.2, -0.15) is 0 Å². The van der Waals surface area contributed by atoms with E-state index < -0.39 is 0 Å². The Morgan fingerprint density at radius 1 is 0.885 bits per heavy atom. The molecular weight excluding hydrogens is 326 g/mol. The quantitative estimate of drug-likeness (QED) is 0.531. The van der Waals surface area contributed by atoms with E-state index >= 15 is 0 Å². The summed E-state index contributed by atoms with van der Waals surface area (Å²) in [5.74, 6) is -0.664. The second kappa shape index (κ2) is 5.92. The molecule has 1 heterocycles. The second-order valence-electron chi connectivity index (χ2n) is 6.52. The van der Waals surface area contributed by atoms with Crippen LogP contribution in [-0.2, 0) is 6.54 Å². The number of Topliss-reactive ketones (excluding diaryl/α,β-unsaturated/α-hetero) is 1. The van der Waals surface area contributed by atoms with Gasteiger partial charge in [-0.3, -0.25) is 14.4 Å². The Bertz CT molecular complexity index is 1070. The van der Waals surface area contributed by atoms with Gasteiger partial charge in [-0.15, -0.1) is 0 Å². The molecule has 3 aromatic rings. The largest absolute Gasteiger partial charge is 0.336 e. The van der Waals surface area contributed by atoms with Crippen molar-refractivity contribution in [2.24, 2.45) is 0 Å². The van der Waals surface area contributed by atoms with Crippen LogP contribution in [0.25, 0.3) is 0 Å². The highest BCUT2D eigenvalue weighted by atomic mass is 16.1. The van der Waals surface area contributed by atoms with Crippen molar-refractivity contribution in [2.45, 2.75) is 20.4 Å². The van der Waals surface area contributed by atoms with Crippen molar-refractivity contribution in [3.63, 3.8) is 0 Å². The number of hydrogen-bond donors (Lipinski definition) is 0. The molecule has 1 aliphatic carbocycles. The summed E-state index contributed by atoms with van der Waals surface area (Å²) in [6.07, 6.45) is 0. The van der Waals surface area contributed by atoms with Gasteiger partial charge in [-0.1, -0.05) is 54.6 Å². The van der Waals surface area contributed by atoms with Crippen molar-refractivity contribution < 1.29 is 14.4 Å². The maximum atomic E-state index is 13.2. The Morgan fingerprint density at radius 2 is 1.46 bits per heavy atom. The molecule has 128 valence electrons.